The van der Waals surface area contributed by atoms with Crippen LogP contribution in [0.5, 0.6) is 11.5 Å². The first-order chi connectivity index (χ1) is 21.7. The molecule has 0 heterocycles. The minimum absolute atomic E-state index is 0.0630. The zero-order valence-corrected chi connectivity index (χ0v) is 27.9. The van der Waals surface area contributed by atoms with Crippen molar-refractivity contribution in [3.05, 3.63) is 118 Å². The summed E-state index contributed by atoms with van der Waals surface area (Å²) >= 11 is 0. The number of carboxylic acids is 1. The lowest BCUT2D eigenvalue weighted by molar-refractivity contribution is -0.132. The van der Waals surface area contributed by atoms with Gasteiger partial charge in [0, 0.05) is 28.2 Å². The highest BCUT2D eigenvalue weighted by Gasteiger charge is 2.18. The molecule has 0 atom stereocenters. The number of ether oxygens (including phenoxy) is 2. The Kier molecular flexibility index (Phi) is 10.1. The summed E-state index contributed by atoms with van der Waals surface area (Å²) < 4.78 is 11.1. The molecule has 0 fully saturated rings. The van der Waals surface area contributed by atoms with Crippen molar-refractivity contribution in [3.63, 3.8) is 0 Å². The molecule has 0 amide bonds. The van der Waals surface area contributed by atoms with Crippen molar-refractivity contribution in [2.75, 3.05) is 19.1 Å². The third-order valence-electron chi connectivity index (χ3n) is 7.82. The molecule has 6 nitrogen and oxygen atoms in total. The predicted octanol–water partition coefficient (Wildman–Crippen LogP) is 9.93. The Morgan fingerprint density at radius 3 is 1.50 bits per heavy atom. The van der Waals surface area contributed by atoms with Crippen molar-refractivity contribution >= 4 is 41.3 Å². The van der Waals surface area contributed by atoms with Crippen LogP contribution in [0.3, 0.4) is 0 Å². The number of carbonyl (C=O) groups is 1. The molecule has 6 heteroatoms. The average Bonchev–Trinajstić information content (AvgIpc) is 3.02. The summed E-state index contributed by atoms with van der Waals surface area (Å²) in [4.78, 5) is 13.6. The molecule has 0 radical (unpaired) electrons. The lowest BCUT2D eigenvalue weighted by Gasteiger charge is -2.28. The van der Waals surface area contributed by atoms with Gasteiger partial charge in [0.1, 0.15) is 23.1 Å². The first-order valence-corrected chi connectivity index (χ1v) is 15.2. The molecule has 0 unspecified atom stereocenters. The first-order valence-electron chi connectivity index (χ1n) is 15.2. The molecule has 1 N–H and O–H groups in total. The van der Waals surface area contributed by atoms with Crippen molar-refractivity contribution in [2.45, 2.75) is 52.4 Å². The van der Waals surface area contributed by atoms with Crippen LogP contribution in [0, 0.1) is 11.3 Å². The van der Waals surface area contributed by atoms with E-state index >= 15 is 0 Å². The smallest absolute Gasteiger partial charge is 0.346 e. The van der Waals surface area contributed by atoms with Crippen LogP contribution < -0.4 is 14.4 Å². The van der Waals surface area contributed by atoms with Gasteiger partial charge < -0.3 is 19.5 Å². The topological polar surface area (TPSA) is 82.8 Å². The molecule has 0 aliphatic heterocycles. The van der Waals surface area contributed by atoms with Crippen molar-refractivity contribution in [2.24, 2.45) is 0 Å². The number of hydrogen-bond donors (Lipinski definition) is 1. The Labute approximate surface area is 272 Å². The number of methoxy groups -OCH3 is 2. The third kappa shape index (κ3) is 7.86. The van der Waals surface area contributed by atoms with Crippen LogP contribution in [0.2, 0.25) is 0 Å². The maximum atomic E-state index is 11.4. The third-order valence-corrected chi connectivity index (χ3v) is 7.82. The summed E-state index contributed by atoms with van der Waals surface area (Å²) in [5.74, 6) is -0.361. The van der Waals surface area contributed by atoms with Crippen LogP contribution >= 0.6 is 0 Å². The predicted molar refractivity (Wildman–Crippen MR) is 188 cm³/mol. The second-order valence-corrected chi connectivity index (χ2v) is 13.2. The van der Waals surface area contributed by atoms with E-state index in [1.54, 1.807) is 25.3 Å². The largest absolute Gasteiger partial charge is 0.496 e. The second-order valence-electron chi connectivity index (χ2n) is 13.2. The van der Waals surface area contributed by atoms with Crippen LogP contribution in [0.1, 0.15) is 69.4 Å². The number of benzene rings is 4. The normalized spacial score (nSPS) is 12.1. The highest BCUT2D eigenvalue weighted by molar-refractivity contribution is 5.97. The molecule has 0 bridgehead atoms. The quantitative estimate of drug-likeness (QED) is 0.115. The molecular formula is C40H42N2O4. The molecule has 0 aliphatic carbocycles. The summed E-state index contributed by atoms with van der Waals surface area (Å²) in [7, 11) is 3.04. The Morgan fingerprint density at radius 1 is 0.696 bits per heavy atom. The van der Waals surface area contributed by atoms with Crippen LogP contribution in [-0.2, 0) is 15.6 Å². The van der Waals surface area contributed by atoms with Gasteiger partial charge >= 0.3 is 5.97 Å². The van der Waals surface area contributed by atoms with Gasteiger partial charge in [-0.25, -0.2) is 4.79 Å². The van der Waals surface area contributed by atoms with E-state index in [1.165, 1.54) is 24.3 Å². The van der Waals surface area contributed by atoms with E-state index in [4.69, 9.17) is 9.47 Å². The zero-order valence-electron chi connectivity index (χ0n) is 27.9. The molecule has 0 aliphatic rings. The number of anilines is 3. The Bertz CT molecular complexity index is 1720. The number of nitriles is 1. The highest BCUT2D eigenvalue weighted by Crippen LogP contribution is 2.37. The first kappa shape index (κ1) is 33.6. The highest BCUT2D eigenvalue weighted by atomic mass is 16.5. The van der Waals surface area contributed by atoms with Gasteiger partial charge in [0.25, 0.3) is 0 Å². The minimum atomic E-state index is -1.31. The Balaban J connectivity index is 1.69. The molecule has 0 spiro atoms. The van der Waals surface area contributed by atoms with E-state index in [2.05, 4.69) is 119 Å². The van der Waals surface area contributed by atoms with Crippen molar-refractivity contribution < 1.29 is 19.4 Å². The molecule has 0 aromatic heterocycles. The summed E-state index contributed by atoms with van der Waals surface area (Å²) in [6.45, 7) is 13.3. The van der Waals surface area contributed by atoms with E-state index in [1.807, 2.05) is 12.2 Å². The fourth-order valence-electron chi connectivity index (χ4n) is 5.07. The van der Waals surface area contributed by atoms with E-state index in [0.717, 1.165) is 28.2 Å². The van der Waals surface area contributed by atoms with E-state index in [9.17, 15) is 15.2 Å². The summed E-state index contributed by atoms with van der Waals surface area (Å²) in [6, 6.07) is 31.0. The van der Waals surface area contributed by atoms with Crippen LogP contribution in [0.15, 0.2) is 90.5 Å². The number of aliphatic carboxylic acids is 1. The lowest BCUT2D eigenvalue weighted by Crippen LogP contribution is -2.14. The van der Waals surface area contributed by atoms with Crippen molar-refractivity contribution in [1.29, 1.82) is 5.26 Å². The Hall–Kier alpha value is -5.28. The maximum absolute atomic E-state index is 11.4. The van der Waals surface area contributed by atoms with Crippen LogP contribution in [0.4, 0.5) is 17.1 Å². The second kappa shape index (κ2) is 13.8. The monoisotopic (exact) mass is 614 g/mol. The maximum Gasteiger partial charge on any atom is 0.346 e. The molecule has 236 valence electrons. The van der Waals surface area contributed by atoms with Gasteiger partial charge in [-0.05, 0) is 82.1 Å². The Morgan fingerprint density at radius 2 is 1.11 bits per heavy atom. The van der Waals surface area contributed by atoms with Gasteiger partial charge in [0.15, 0.2) is 0 Å². The SMILES string of the molecule is COc1cc(C=C(C#N)C(=O)O)c(OC)cc1C=Cc1ccc(N(c2ccc(C(C)(C)C)cc2)c2ccc(C(C)(C)C)cc2)cc1. The standard InChI is InChI=1S/C40H42N2O4/c1-39(2,3)31-13-19-34(20-14-31)42(35-21-15-32(16-22-35)40(4,5)6)33-17-10-27(11-18-33)9-12-28-24-37(46-8)29(25-36(28)45-7)23-30(26-41)38(43)44/h9-25H,1-8H3,(H,43,44). The number of carboxylic acid groups (broad SMARTS) is 1. The molecule has 4 aromatic carbocycles. The van der Waals surface area contributed by atoms with Gasteiger partial charge in [-0.15, -0.1) is 0 Å². The molecule has 46 heavy (non-hydrogen) atoms. The van der Waals surface area contributed by atoms with E-state index in [0.29, 0.717) is 17.1 Å². The van der Waals surface area contributed by atoms with Gasteiger partial charge in [-0.3, -0.25) is 0 Å². The van der Waals surface area contributed by atoms with E-state index < -0.39 is 11.5 Å². The molecule has 0 saturated heterocycles. The van der Waals surface area contributed by atoms with Gasteiger partial charge in [0.05, 0.1) is 14.2 Å². The fourth-order valence-corrected chi connectivity index (χ4v) is 5.07. The summed E-state index contributed by atoms with van der Waals surface area (Å²) in [5, 5.41) is 18.5. The van der Waals surface area contributed by atoms with Crippen LogP contribution in [-0.4, -0.2) is 25.3 Å². The number of rotatable bonds is 9. The van der Waals surface area contributed by atoms with Crippen molar-refractivity contribution in [1.82, 2.24) is 0 Å². The summed E-state index contributed by atoms with van der Waals surface area (Å²) in [5.41, 5.74) is 7.64. The molecular weight excluding hydrogens is 572 g/mol. The van der Waals surface area contributed by atoms with E-state index in [-0.39, 0.29) is 10.8 Å². The van der Waals surface area contributed by atoms with Gasteiger partial charge in [0.2, 0.25) is 0 Å². The average molecular weight is 615 g/mol. The fraction of sp³-hybridized carbons (Fsp3) is 0.250. The zero-order chi connectivity index (χ0) is 33.6. The molecule has 4 rings (SSSR count). The van der Waals surface area contributed by atoms with Gasteiger partial charge in [-0.2, -0.15) is 5.26 Å². The number of hydrogen-bond acceptors (Lipinski definition) is 5. The molecule has 0 saturated carbocycles. The lowest BCUT2D eigenvalue weighted by atomic mass is 9.86. The van der Waals surface area contributed by atoms with Crippen LogP contribution in [0.25, 0.3) is 18.2 Å². The minimum Gasteiger partial charge on any atom is -0.496 e. The number of nitrogens with zero attached hydrogens (tertiary/aromatic N) is 2. The van der Waals surface area contributed by atoms with Crippen molar-refractivity contribution in [3.8, 4) is 17.6 Å². The summed E-state index contributed by atoms with van der Waals surface area (Å²) in [6.07, 6.45) is 5.17. The molecule has 4 aromatic rings. The van der Waals surface area contributed by atoms with Gasteiger partial charge in [-0.1, -0.05) is 90.1 Å².